The number of hydrogen-bond acceptors (Lipinski definition) is 5. The molecule has 2 fully saturated rings. The third-order valence-corrected chi connectivity index (χ3v) is 6.72. The minimum atomic E-state index is -0.145. The average molecular weight is 486 g/mol. The molecule has 0 N–H and O–H groups in total. The number of amides is 2. The molecule has 1 atom stereocenters. The van der Waals surface area contributed by atoms with Gasteiger partial charge in [-0.1, -0.05) is 30.3 Å². The SMILES string of the molecule is O=C(/C=C/c1cn(Cc2ccccc2)nc1-c1cccnc1)N1CCCC(C(=O)N2CCOCC2)C1. The van der Waals surface area contributed by atoms with Crippen LogP contribution in [0, 0.1) is 5.92 Å². The van der Waals surface area contributed by atoms with E-state index in [-0.39, 0.29) is 17.7 Å². The summed E-state index contributed by atoms with van der Waals surface area (Å²) in [7, 11) is 0. The van der Waals surface area contributed by atoms with Gasteiger partial charge in [0.05, 0.1) is 25.7 Å². The van der Waals surface area contributed by atoms with Gasteiger partial charge in [-0.05, 0) is 36.6 Å². The van der Waals surface area contributed by atoms with E-state index in [1.54, 1.807) is 23.4 Å². The Morgan fingerprint density at radius 1 is 1.03 bits per heavy atom. The van der Waals surface area contributed by atoms with Crippen LogP contribution in [-0.2, 0) is 20.9 Å². The summed E-state index contributed by atoms with van der Waals surface area (Å²) in [5.41, 5.74) is 3.67. The molecule has 1 unspecified atom stereocenters. The van der Waals surface area contributed by atoms with Gasteiger partial charge in [-0.2, -0.15) is 5.10 Å². The molecule has 4 heterocycles. The van der Waals surface area contributed by atoms with Crippen molar-refractivity contribution in [1.29, 1.82) is 0 Å². The number of aromatic nitrogens is 3. The van der Waals surface area contributed by atoms with Crippen LogP contribution >= 0.6 is 0 Å². The second-order valence-electron chi connectivity index (χ2n) is 9.25. The number of hydrogen-bond donors (Lipinski definition) is 0. The number of nitrogens with zero attached hydrogens (tertiary/aromatic N) is 5. The fourth-order valence-electron chi connectivity index (χ4n) is 4.82. The van der Waals surface area contributed by atoms with Crippen molar-refractivity contribution < 1.29 is 14.3 Å². The molecule has 0 radical (unpaired) electrons. The van der Waals surface area contributed by atoms with Gasteiger partial charge in [-0.15, -0.1) is 0 Å². The van der Waals surface area contributed by atoms with Gasteiger partial charge >= 0.3 is 0 Å². The van der Waals surface area contributed by atoms with Crippen LogP contribution in [0.5, 0.6) is 0 Å². The zero-order chi connectivity index (χ0) is 24.7. The highest BCUT2D eigenvalue weighted by molar-refractivity contribution is 5.93. The van der Waals surface area contributed by atoms with Crippen molar-refractivity contribution in [2.24, 2.45) is 5.92 Å². The largest absolute Gasteiger partial charge is 0.378 e. The summed E-state index contributed by atoms with van der Waals surface area (Å²) < 4.78 is 7.26. The molecule has 36 heavy (non-hydrogen) atoms. The van der Waals surface area contributed by atoms with E-state index in [1.165, 1.54) is 0 Å². The molecule has 3 aromatic rings. The highest BCUT2D eigenvalue weighted by atomic mass is 16.5. The lowest BCUT2D eigenvalue weighted by molar-refractivity contribution is -0.143. The Labute approximate surface area is 211 Å². The fourth-order valence-corrected chi connectivity index (χ4v) is 4.82. The maximum atomic E-state index is 13.1. The van der Waals surface area contributed by atoms with Crippen LogP contribution in [0.25, 0.3) is 17.3 Å². The lowest BCUT2D eigenvalue weighted by atomic mass is 9.96. The first-order valence-corrected chi connectivity index (χ1v) is 12.5. The van der Waals surface area contributed by atoms with E-state index in [0.717, 1.165) is 35.2 Å². The van der Waals surface area contributed by atoms with E-state index >= 15 is 0 Å². The minimum absolute atomic E-state index is 0.0811. The van der Waals surface area contributed by atoms with Gasteiger partial charge in [0.25, 0.3) is 0 Å². The summed E-state index contributed by atoms with van der Waals surface area (Å²) >= 11 is 0. The van der Waals surface area contributed by atoms with Crippen molar-refractivity contribution in [2.45, 2.75) is 19.4 Å². The molecule has 2 aliphatic heterocycles. The summed E-state index contributed by atoms with van der Waals surface area (Å²) in [6.07, 6.45) is 10.5. The van der Waals surface area contributed by atoms with Crippen molar-refractivity contribution in [2.75, 3.05) is 39.4 Å². The van der Waals surface area contributed by atoms with Crippen LogP contribution < -0.4 is 0 Å². The van der Waals surface area contributed by atoms with E-state index in [2.05, 4.69) is 17.1 Å². The van der Waals surface area contributed by atoms with Crippen LogP contribution in [0.1, 0.15) is 24.0 Å². The summed E-state index contributed by atoms with van der Waals surface area (Å²) in [5, 5.41) is 4.79. The van der Waals surface area contributed by atoms with Gasteiger partial charge in [0.1, 0.15) is 5.69 Å². The number of ether oxygens (including phenoxy) is 1. The number of carbonyl (C=O) groups excluding carboxylic acids is 2. The van der Waals surface area contributed by atoms with Crippen LogP contribution in [0.15, 0.2) is 67.1 Å². The minimum Gasteiger partial charge on any atom is -0.378 e. The van der Waals surface area contributed by atoms with Crippen molar-refractivity contribution in [1.82, 2.24) is 24.6 Å². The molecule has 186 valence electrons. The highest BCUT2D eigenvalue weighted by Crippen LogP contribution is 2.24. The summed E-state index contributed by atoms with van der Waals surface area (Å²) in [6.45, 7) is 4.19. The number of rotatable bonds is 6. The molecule has 1 aromatic carbocycles. The molecule has 0 aliphatic carbocycles. The molecule has 2 aromatic heterocycles. The monoisotopic (exact) mass is 485 g/mol. The number of morpholine rings is 1. The van der Waals surface area contributed by atoms with E-state index in [9.17, 15) is 9.59 Å². The Kier molecular flexibility index (Phi) is 7.52. The predicted molar refractivity (Wildman–Crippen MR) is 137 cm³/mol. The van der Waals surface area contributed by atoms with Gasteiger partial charge in [-0.25, -0.2) is 0 Å². The normalized spacial score (nSPS) is 18.5. The predicted octanol–water partition coefficient (Wildman–Crippen LogP) is 3.10. The summed E-state index contributed by atoms with van der Waals surface area (Å²) in [4.78, 5) is 34.0. The molecule has 8 nitrogen and oxygen atoms in total. The number of benzene rings is 1. The zero-order valence-electron chi connectivity index (χ0n) is 20.3. The van der Waals surface area contributed by atoms with Gasteiger partial charge in [-0.3, -0.25) is 19.3 Å². The Bertz CT molecular complexity index is 1200. The topological polar surface area (TPSA) is 80.6 Å². The van der Waals surface area contributed by atoms with Gasteiger partial charge < -0.3 is 14.5 Å². The highest BCUT2D eigenvalue weighted by Gasteiger charge is 2.31. The third kappa shape index (κ3) is 5.71. The molecule has 0 spiro atoms. The molecule has 8 heteroatoms. The van der Waals surface area contributed by atoms with E-state index < -0.39 is 0 Å². The second kappa shape index (κ2) is 11.3. The molecule has 0 saturated carbocycles. The van der Waals surface area contributed by atoms with Crippen LogP contribution in [-0.4, -0.2) is 75.8 Å². The molecule has 0 bridgehead atoms. The summed E-state index contributed by atoms with van der Waals surface area (Å²) in [5.74, 6) is -0.0861. The molecule has 2 amide bonds. The fraction of sp³-hybridized carbons (Fsp3) is 0.357. The molecule has 2 saturated heterocycles. The third-order valence-electron chi connectivity index (χ3n) is 6.72. The first-order valence-electron chi connectivity index (χ1n) is 12.5. The standard InChI is InChI=1S/C28H31N5O3/c34-26(32-13-5-9-25(20-32)28(35)31-14-16-36-17-15-31)11-10-24-21-33(19-22-6-2-1-3-7-22)30-27(24)23-8-4-12-29-18-23/h1-4,6-8,10-12,18,21,25H,5,9,13-17,19-20H2/b11-10+. The van der Waals surface area contributed by atoms with Gasteiger partial charge in [0, 0.05) is 62.0 Å². The van der Waals surface area contributed by atoms with E-state index in [1.807, 2.05) is 52.2 Å². The van der Waals surface area contributed by atoms with Gasteiger partial charge in [0.15, 0.2) is 0 Å². The maximum absolute atomic E-state index is 13.1. The Morgan fingerprint density at radius 3 is 2.64 bits per heavy atom. The molecular formula is C28H31N5O3. The van der Waals surface area contributed by atoms with Crippen molar-refractivity contribution in [3.05, 3.63) is 78.3 Å². The van der Waals surface area contributed by atoms with Crippen molar-refractivity contribution in [3.8, 4) is 11.3 Å². The summed E-state index contributed by atoms with van der Waals surface area (Å²) in [6, 6.07) is 14.0. The molecule has 2 aliphatic rings. The Balaban J connectivity index is 1.31. The van der Waals surface area contributed by atoms with Crippen LogP contribution in [0.4, 0.5) is 0 Å². The quantitative estimate of drug-likeness (QED) is 0.501. The first-order chi connectivity index (χ1) is 17.7. The van der Waals surface area contributed by atoms with Crippen molar-refractivity contribution >= 4 is 17.9 Å². The van der Waals surface area contributed by atoms with Crippen LogP contribution in [0.2, 0.25) is 0 Å². The maximum Gasteiger partial charge on any atom is 0.246 e. The Morgan fingerprint density at radius 2 is 1.86 bits per heavy atom. The number of likely N-dealkylation sites (tertiary alicyclic amines) is 1. The van der Waals surface area contributed by atoms with Crippen molar-refractivity contribution in [3.63, 3.8) is 0 Å². The van der Waals surface area contributed by atoms with E-state index in [4.69, 9.17) is 9.84 Å². The lowest BCUT2D eigenvalue weighted by Gasteiger charge is -2.35. The lowest BCUT2D eigenvalue weighted by Crippen LogP contribution is -2.49. The molecular weight excluding hydrogens is 454 g/mol. The average Bonchev–Trinajstić information content (AvgIpc) is 3.35. The molecule has 5 rings (SSSR count). The number of carbonyl (C=O) groups is 2. The second-order valence-corrected chi connectivity index (χ2v) is 9.25. The smallest absolute Gasteiger partial charge is 0.246 e. The first kappa shape index (κ1) is 23.9. The van der Waals surface area contributed by atoms with Crippen LogP contribution in [0.3, 0.4) is 0 Å². The van der Waals surface area contributed by atoms with Gasteiger partial charge in [0.2, 0.25) is 11.8 Å². The number of piperidine rings is 1. The Hall–Kier alpha value is -3.78. The number of pyridine rings is 1. The van der Waals surface area contributed by atoms with E-state index in [0.29, 0.717) is 45.9 Å². The zero-order valence-corrected chi connectivity index (χ0v) is 20.3.